The van der Waals surface area contributed by atoms with Crippen LogP contribution in [0.15, 0.2) is 48.5 Å². The van der Waals surface area contributed by atoms with Crippen molar-refractivity contribution in [3.8, 4) is 0 Å². The van der Waals surface area contributed by atoms with Crippen molar-refractivity contribution in [3.05, 3.63) is 65.2 Å². The average Bonchev–Trinajstić information content (AvgIpc) is 2.48. The number of carbonyl (C=O) groups excluding carboxylic acids is 1. The van der Waals surface area contributed by atoms with E-state index in [0.29, 0.717) is 12.1 Å². The molecule has 0 fully saturated rings. The molecule has 0 unspecified atom stereocenters. The largest absolute Gasteiger partial charge is 0.326 e. The third-order valence-electron chi connectivity index (χ3n) is 3.10. The molecular formula is C16H18N2O. The van der Waals surface area contributed by atoms with Gasteiger partial charge < -0.3 is 11.1 Å². The van der Waals surface area contributed by atoms with Gasteiger partial charge in [-0.1, -0.05) is 37.3 Å². The SMILES string of the molecule is CCc1ccc(NC(=O)c2ccccc2CN)cc1. The van der Waals surface area contributed by atoms with Crippen LogP contribution in [-0.2, 0) is 13.0 Å². The standard InChI is InChI=1S/C16H18N2O/c1-2-12-7-9-14(10-8-12)18-16(19)15-6-4-3-5-13(15)11-17/h3-10H,2,11,17H2,1H3,(H,18,19). The Kier molecular flexibility index (Phi) is 4.31. The fourth-order valence-corrected chi connectivity index (χ4v) is 1.94. The van der Waals surface area contributed by atoms with Gasteiger partial charge in [-0.2, -0.15) is 0 Å². The summed E-state index contributed by atoms with van der Waals surface area (Å²) in [4.78, 5) is 12.2. The summed E-state index contributed by atoms with van der Waals surface area (Å²) in [5.41, 5.74) is 9.17. The van der Waals surface area contributed by atoms with Gasteiger partial charge in [0.2, 0.25) is 0 Å². The van der Waals surface area contributed by atoms with Gasteiger partial charge in [-0.05, 0) is 35.7 Å². The van der Waals surface area contributed by atoms with Crippen LogP contribution in [0.4, 0.5) is 5.69 Å². The van der Waals surface area contributed by atoms with E-state index in [1.807, 2.05) is 42.5 Å². The molecule has 3 N–H and O–H groups in total. The number of hydrogen-bond acceptors (Lipinski definition) is 2. The van der Waals surface area contributed by atoms with Crippen molar-refractivity contribution in [2.45, 2.75) is 19.9 Å². The first-order chi connectivity index (χ1) is 9.24. The van der Waals surface area contributed by atoms with Gasteiger partial charge in [-0.15, -0.1) is 0 Å². The summed E-state index contributed by atoms with van der Waals surface area (Å²) in [6, 6.07) is 15.3. The maximum Gasteiger partial charge on any atom is 0.255 e. The van der Waals surface area contributed by atoms with E-state index in [0.717, 1.165) is 17.7 Å². The van der Waals surface area contributed by atoms with Gasteiger partial charge in [0.05, 0.1) is 0 Å². The molecule has 1 amide bonds. The fourth-order valence-electron chi connectivity index (χ4n) is 1.94. The second kappa shape index (κ2) is 6.16. The van der Waals surface area contributed by atoms with Crippen LogP contribution in [0.3, 0.4) is 0 Å². The third-order valence-corrected chi connectivity index (χ3v) is 3.10. The van der Waals surface area contributed by atoms with E-state index in [2.05, 4.69) is 12.2 Å². The Bertz CT molecular complexity index is 561. The molecule has 0 aliphatic carbocycles. The van der Waals surface area contributed by atoms with Crippen LogP contribution < -0.4 is 11.1 Å². The molecule has 0 saturated heterocycles. The van der Waals surface area contributed by atoms with E-state index in [1.54, 1.807) is 6.07 Å². The van der Waals surface area contributed by atoms with Gasteiger partial charge in [0.15, 0.2) is 0 Å². The summed E-state index contributed by atoms with van der Waals surface area (Å²) in [6.45, 7) is 2.46. The molecule has 0 spiro atoms. The molecule has 0 heterocycles. The lowest BCUT2D eigenvalue weighted by Gasteiger charge is -2.09. The van der Waals surface area contributed by atoms with Crippen molar-refractivity contribution < 1.29 is 4.79 Å². The number of nitrogens with one attached hydrogen (secondary N) is 1. The number of hydrogen-bond donors (Lipinski definition) is 2. The van der Waals surface area contributed by atoms with E-state index in [1.165, 1.54) is 5.56 Å². The highest BCUT2D eigenvalue weighted by atomic mass is 16.1. The molecule has 3 nitrogen and oxygen atoms in total. The minimum Gasteiger partial charge on any atom is -0.326 e. The quantitative estimate of drug-likeness (QED) is 0.881. The fraction of sp³-hybridized carbons (Fsp3) is 0.188. The first-order valence-corrected chi connectivity index (χ1v) is 6.43. The molecule has 0 atom stereocenters. The Morgan fingerprint density at radius 3 is 2.42 bits per heavy atom. The number of anilines is 1. The molecule has 0 bridgehead atoms. The summed E-state index contributed by atoms with van der Waals surface area (Å²) in [6.07, 6.45) is 0.990. The maximum absolute atomic E-state index is 12.2. The van der Waals surface area contributed by atoms with E-state index >= 15 is 0 Å². The molecule has 3 heteroatoms. The number of carbonyl (C=O) groups is 1. The lowest BCUT2D eigenvalue weighted by atomic mass is 10.1. The Balaban J connectivity index is 2.16. The lowest BCUT2D eigenvalue weighted by molar-refractivity contribution is 0.102. The number of benzene rings is 2. The van der Waals surface area contributed by atoms with Crippen LogP contribution in [-0.4, -0.2) is 5.91 Å². The summed E-state index contributed by atoms with van der Waals surface area (Å²) in [7, 11) is 0. The first-order valence-electron chi connectivity index (χ1n) is 6.43. The minimum atomic E-state index is -0.120. The van der Waals surface area contributed by atoms with Gasteiger partial charge in [-0.25, -0.2) is 0 Å². The van der Waals surface area contributed by atoms with Crippen molar-refractivity contribution >= 4 is 11.6 Å². The Morgan fingerprint density at radius 1 is 1.11 bits per heavy atom. The zero-order valence-electron chi connectivity index (χ0n) is 11.0. The molecule has 0 saturated carbocycles. The summed E-state index contributed by atoms with van der Waals surface area (Å²) in [5.74, 6) is -0.120. The Labute approximate surface area is 113 Å². The topological polar surface area (TPSA) is 55.1 Å². The summed E-state index contributed by atoms with van der Waals surface area (Å²) in [5, 5.41) is 2.89. The zero-order valence-corrected chi connectivity index (χ0v) is 11.0. The van der Waals surface area contributed by atoms with Crippen LogP contribution in [0.2, 0.25) is 0 Å². The van der Waals surface area contributed by atoms with E-state index in [-0.39, 0.29) is 5.91 Å². The molecule has 2 rings (SSSR count). The van der Waals surface area contributed by atoms with Gasteiger partial charge >= 0.3 is 0 Å². The highest BCUT2D eigenvalue weighted by molar-refractivity contribution is 6.05. The van der Waals surface area contributed by atoms with Crippen molar-refractivity contribution in [1.29, 1.82) is 0 Å². The summed E-state index contributed by atoms with van der Waals surface area (Å²) < 4.78 is 0. The van der Waals surface area contributed by atoms with Crippen molar-refractivity contribution in [3.63, 3.8) is 0 Å². The van der Waals surface area contributed by atoms with Crippen LogP contribution in [0.1, 0.15) is 28.4 Å². The van der Waals surface area contributed by atoms with Crippen LogP contribution in [0.25, 0.3) is 0 Å². The average molecular weight is 254 g/mol. The normalized spacial score (nSPS) is 10.2. The molecule has 2 aromatic carbocycles. The molecule has 98 valence electrons. The molecule has 2 aromatic rings. The van der Waals surface area contributed by atoms with E-state index in [4.69, 9.17) is 5.73 Å². The first kappa shape index (κ1) is 13.3. The molecule has 0 aromatic heterocycles. The molecule has 19 heavy (non-hydrogen) atoms. The van der Waals surface area contributed by atoms with E-state index in [9.17, 15) is 4.79 Å². The number of aryl methyl sites for hydroxylation is 1. The van der Waals surface area contributed by atoms with Gasteiger partial charge in [0.25, 0.3) is 5.91 Å². The van der Waals surface area contributed by atoms with Gasteiger partial charge in [-0.3, -0.25) is 4.79 Å². The predicted molar refractivity (Wildman–Crippen MR) is 78.1 cm³/mol. The van der Waals surface area contributed by atoms with Crippen LogP contribution in [0, 0.1) is 0 Å². The molecule has 0 aliphatic rings. The smallest absolute Gasteiger partial charge is 0.255 e. The van der Waals surface area contributed by atoms with Crippen LogP contribution in [0.5, 0.6) is 0 Å². The molecule has 0 aliphatic heterocycles. The predicted octanol–water partition coefficient (Wildman–Crippen LogP) is 2.96. The highest BCUT2D eigenvalue weighted by Gasteiger charge is 2.09. The molecule has 0 radical (unpaired) electrons. The van der Waals surface area contributed by atoms with Crippen LogP contribution >= 0.6 is 0 Å². The third kappa shape index (κ3) is 3.20. The summed E-state index contributed by atoms with van der Waals surface area (Å²) >= 11 is 0. The number of nitrogens with two attached hydrogens (primary N) is 1. The second-order valence-electron chi connectivity index (χ2n) is 4.37. The van der Waals surface area contributed by atoms with Crippen molar-refractivity contribution in [1.82, 2.24) is 0 Å². The highest BCUT2D eigenvalue weighted by Crippen LogP contribution is 2.14. The second-order valence-corrected chi connectivity index (χ2v) is 4.37. The van der Waals surface area contributed by atoms with Crippen molar-refractivity contribution in [2.75, 3.05) is 5.32 Å². The zero-order chi connectivity index (χ0) is 13.7. The van der Waals surface area contributed by atoms with Gasteiger partial charge in [0, 0.05) is 17.8 Å². The number of rotatable bonds is 4. The Hall–Kier alpha value is -2.13. The lowest BCUT2D eigenvalue weighted by Crippen LogP contribution is -2.15. The van der Waals surface area contributed by atoms with Crippen molar-refractivity contribution in [2.24, 2.45) is 5.73 Å². The molecular weight excluding hydrogens is 236 g/mol. The Morgan fingerprint density at radius 2 is 1.79 bits per heavy atom. The minimum absolute atomic E-state index is 0.120. The maximum atomic E-state index is 12.2. The monoisotopic (exact) mass is 254 g/mol. The van der Waals surface area contributed by atoms with E-state index < -0.39 is 0 Å². The number of amides is 1. The van der Waals surface area contributed by atoms with Gasteiger partial charge in [0.1, 0.15) is 0 Å².